The Bertz CT molecular complexity index is 839. The van der Waals surface area contributed by atoms with E-state index in [1.807, 2.05) is 47.5 Å². The molecule has 0 N–H and O–H groups in total. The molecule has 1 aliphatic rings. The van der Waals surface area contributed by atoms with Crippen molar-refractivity contribution >= 4 is 5.91 Å². The highest BCUT2D eigenvalue weighted by atomic mass is 16.2. The molecule has 0 radical (unpaired) electrons. The van der Waals surface area contributed by atoms with E-state index in [9.17, 15) is 4.79 Å². The quantitative estimate of drug-likeness (QED) is 0.730. The molecule has 0 aliphatic carbocycles. The van der Waals surface area contributed by atoms with Crippen molar-refractivity contribution in [3.63, 3.8) is 0 Å². The van der Waals surface area contributed by atoms with E-state index in [-0.39, 0.29) is 5.91 Å². The maximum Gasteiger partial charge on any atom is 0.254 e. The molecule has 4 heteroatoms. The molecule has 0 bridgehead atoms. The molecule has 0 atom stereocenters. The average molecular weight is 303 g/mol. The summed E-state index contributed by atoms with van der Waals surface area (Å²) in [6.07, 6.45) is 4.53. The van der Waals surface area contributed by atoms with Gasteiger partial charge in [0.1, 0.15) is 0 Å². The highest BCUT2D eigenvalue weighted by molar-refractivity contribution is 5.94. The molecule has 1 aliphatic heterocycles. The summed E-state index contributed by atoms with van der Waals surface area (Å²) in [4.78, 5) is 14.7. The summed E-state index contributed by atoms with van der Waals surface area (Å²) in [5.74, 6) is 0.0773. The number of aromatic nitrogens is 2. The van der Waals surface area contributed by atoms with Gasteiger partial charge in [0.25, 0.3) is 5.91 Å². The van der Waals surface area contributed by atoms with Crippen molar-refractivity contribution in [2.75, 3.05) is 6.54 Å². The van der Waals surface area contributed by atoms with Crippen molar-refractivity contribution in [2.45, 2.75) is 13.0 Å². The fourth-order valence-electron chi connectivity index (χ4n) is 3.05. The number of hydrogen-bond acceptors (Lipinski definition) is 2. The minimum Gasteiger partial charge on any atom is -0.334 e. The van der Waals surface area contributed by atoms with Gasteiger partial charge in [0.05, 0.1) is 5.69 Å². The van der Waals surface area contributed by atoms with E-state index in [4.69, 9.17) is 0 Å². The van der Waals surface area contributed by atoms with Crippen molar-refractivity contribution in [3.8, 4) is 5.69 Å². The summed E-state index contributed by atoms with van der Waals surface area (Å²) in [7, 11) is 0. The zero-order valence-electron chi connectivity index (χ0n) is 12.7. The Hall–Kier alpha value is -2.88. The molecule has 0 spiro atoms. The lowest BCUT2D eigenvalue weighted by Crippen LogP contribution is -2.35. The third-order valence-corrected chi connectivity index (χ3v) is 4.28. The molecule has 0 saturated heterocycles. The molecule has 4 rings (SSSR count). The van der Waals surface area contributed by atoms with E-state index in [0.29, 0.717) is 12.1 Å². The van der Waals surface area contributed by atoms with Crippen molar-refractivity contribution < 1.29 is 4.79 Å². The monoisotopic (exact) mass is 303 g/mol. The molecule has 0 unspecified atom stereocenters. The van der Waals surface area contributed by atoms with Crippen LogP contribution in [0.15, 0.2) is 67.0 Å². The van der Waals surface area contributed by atoms with Gasteiger partial charge in [0, 0.05) is 31.0 Å². The highest BCUT2D eigenvalue weighted by Crippen LogP contribution is 2.21. The molecule has 0 fully saturated rings. The Morgan fingerprint density at radius 1 is 1.00 bits per heavy atom. The lowest BCUT2D eigenvalue weighted by atomic mass is 9.99. The maximum absolute atomic E-state index is 12.8. The summed E-state index contributed by atoms with van der Waals surface area (Å²) in [5.41, 5.74) is 4.20. The van der Waals surface area contributed by atoms with E-state index in [1.165, 1.54) is 11.1 Å². The van der Waals surface area contributed by atoms with Crippen LogP contribution in [-0.2, 0) is 13.0 Å². The van der Waals surface area contributed by atoms with Crippen LogP contribution in [-0.4, -0.2) is 27.1 Å². The predicted molar refractivity (Wildman–Crippen MR) is 88.5 cm³/mol. The number of nitrogens with zero attached hydrogens (tertiary/aromatic N) is 3. The SMILES string of the molecule is O=C(c1cccc(-n2cccn2)c1)N1CCc2ccccc2C1. The van der Waals surface area contributed by atoms with Gasteiger partial charge in [-0.15, -0.1) is 0 Å². The first-order chi connectivity index (χ1) is 11.3. The van der Waals surface area contributed by atoms with E-state index in [0.717, 1.165) is 18.7 Å². The normalized spacial score (nSPS) is 13.7. The van der Waals surface area contributed by atoms with Gasteiger partial charge in [0.2, 0.25) is 0 Å². The first-order valence-corrected chi connectivity index (χ1v) is 7.77. The van der Waals surface area contributed by atoms with Crippen LogP contribution >= 0.6 is 0 Å². The molecular formula is C19H17N3O. The van der Waals surface area contributed by atoms with Crippen LogP contribution in [0.3, 0.4) is 0 Å². The fraction of sp³-hybridized carbons (Fsp3) is 0.158. The summed E-state index contributed by atoms with van der Waals surface area (Å²) >= 11 is 0. The highest BCUT2D eigenvalue weighted by Gasteiger charge is 2.21. The smallest absolute Gasteiger partial charge is 0.254 e. The van der Waals surface area contributed by atoms with E-state index < -0.39 is 0 Å². The van der Waals surface area contributed by atoms with Gasteiger partial charge >= 0.3 is 0 Å². The van der Waals surface area contributed by atoms with Crippen LogP contribution in [0.5, 0.6) is 0 Å². The number of carbonyl (C=O) groups excluding carboxylic acids is 1. The van der Waals surface area contributed by atoms with Crippen LogP contribution in [0.4, 0.5) is 0 Å². The van der Waals surface area contributed by atoms with Crippen LogP contribution in [0.25, 0.3) is 5.69 Å². The lowest BCUT2D eigenvalue weighted by Gasteiger charge is -2.29. The molecule has 2 aromatic carbocycles. The first-order valence-electron chi connectivity index (χ1n) is 7.77. The predicted octanol–water partition coefficient (Wildman–Crippen LogP) is 3.07. The molecule has 1 amide bonds. The average Bonchev–Trinajstić information content (AvgIpc) is 3.15. The number of amides is 1. The van der Waals surface area contributed by atoms with Gasteiger partial charge < -0.3 is 4.90 Å². The van der Waals surface area contributed by atoms with E-state index in [1.54, 1.807) is 10.9 Å². The Kier molecular flexibility index (Phi) is 3.42. The van der Waals surface area contributed by atoms with Crippen LogP contribution < -0.4 is 0 Å². The second-order valence-electron chi connectivity index (χ2n) is 5.75. The number of rotatable bonds is 2. The van der Waals surface area contributed by atoms with Gasteiger partial charge in [-0.05, 0) is 41.8 Å². The molecule has 3 aromatic rings. The summed E-state index contributed by atoms with van der Waals surface area (Å²) in [6.45, 7) is 1.45. The molecular weight excluding hydrogens is 286 g/mol. The van der Waals surface area contributed by atoms with Crippen LogP contribution in [0, 0.1) is 0 Å². The molecule has 2 heterocycles. The van der Waals surface area contributed by atoms with Gasteiger partial charge in [-0.1, -0.05) is 30.3 Å². The topological polar surface area (TPSA) is 38.1 Å². The lowest BCUT2D eigenvalue weighted by molar-refractivity contribution is 0.0734. The molecule has 114 valence electrons. The Morgan fingerprint density at radius 2 is 1.87 bits per heavy atom. The van der Waals surface area contributed by atoms with Crippen LogP contribution in [0.2, 0.25) is 0 Å². The second kappa shape index (κ2) is 5.72. The summed E-state index contributed by atoms with van der Waals surface area (Å²) < 4.78 is 1.77. The third-order valence-electron chi connectivity index (χ3n) is 4.28. The largest absolute Gasteiger partial charge is 0.334 e. The minimum absolute atomic E-state index is 0.0773. The van der Waals surface area contributed by atoms with Crippen molar-refractivity contribution in [3.05, 3.63) is 83.7 Å². The van der Waals surface area contributed by atoms with Crippen molar-refractivity contribution in [1.82, 2.24) is 14.7 Å². The zero-order valence-corrected chi connectivity index (χ0v) is 12.7. The zero-order chi connectivity index (χ0) is 15.6. The summed E-state index contributed by atoms with van der Waals surface area (Å²) in [5, 5.41) is 4.22. The number of benzene rings is 2. The Morgan fingerprint density at radius 3 is 2.70 bits per heavy atom. The first kappa shape index (κ1) is 13.8. The van der Waals surface area contributed by atoms with Crippen molar-refractivity contribution in [2.24, 2.45) is 0 Å². The summed E-state index contributed by atoms with van der Waals surface area (Å²) in [6, 6.07) is 17.8. The fourth-order valence-corrected chi connectivity index (χ4v) is 3.05. The Balaban J connectivity index is 1.59. The Labute approximate surface area is 135 Å². The van der Waals surface area contributed by atoms with Crippen molar-refractivity contribution in [1.29, 1.82) is 0 Å². The minimum atomic E-state index is 0.0773. The maximum atomic E-state index is 12.8. The van der Waals surface area contributed by atoms with Gasteiger partial charge in [-0.25, -0.2) is 4.68 Å². The number of carbonyl (C=O) groups is 1. The van der Waals surface area contributed by atoms with Gasteiger partial charge in [-0.2, -0.15) is 5.10 Å². The molecule has 4 nitrogen and oxygen atoms in total. The molecule has 1 aromatic heterocycles. The van der Waals surface area contributed by atoms with Gasteiger partial charge in [0.15, 0.2) is 0 Å². The number of hydrogen-bond donors (Lipinski definition) is 0. The van der Waals surface area contributed by atoms with Gasteiger partial charge in [-0.3, -0.25) is 4.79 Å². The standard InChI is InChI=1S/C19H17N3O/c23-19(21-12-9-15-5-1-2-6-17(15)14-21)16-7-3-8-18(13-16)22-11-4-10-20-22/h1-8,10-11,13H,9,12,14H2. The molecule has 23 heavy (non-hydrogen) atoms. The van der Waals surface area contributed by atoms with Crippen LogP contribution in [0.1, 0.15) is 21.5 Å². The van der Waals surface area contributed by atoms with E-state index >= 15 is 0 Å². The molecule has 0 saturated carbocycles. The van der Waals surface area contributed by atoms with E-state index in [2.05, 4.69) is 23.3 Å². The number of fused-ring (bicyclic) bond motifs is 1. The third kappa shape index (κ3) is 2.63. The second-order valence-corrected chi connectivity index (χ2v) is 5.75.